The lowest BCUT2D eigenvalue weighted by Crippen LogP contribution is -2.37. The van der Waals surface area contributed by atoms with Gasteiger partial charge in [0, 0.05) is 32.1 Å². The molecule has 3 heterocycles. The number of halogens is 2. The number of hydrogen-bond acceptors (Lipinski definition) is 6. The summed E-state index contributed by atoms with van der Waals surface area (Å²) in [5.41, 5.74) is 1.29. The third-order valence-corrected chi connectivity index (χ3v) is 6.12. The van der Waals surface area contributed by atoms with Gasteiger partial charge in [-0.15, -0.1) is 0 Å². The van der Waals surface area contributed by atoms with E-state index in [0.29, 0.717) is 47.9 Å². The molecule has 0 saturated carbocycles. The quantitative estimate of drug-likeness (QED) is 0.557. The fourth-order valence-electron chi connectivity index (χ4n) is 4.33. The predicted molar refractivity (Wildman–Crippen MR) is 121 cm³/mol. The van der Waals surface area contributed by atoms with E-state index in [9.17, 15) is 13.6 Å². The maximum Gasteiger partial charge on any atom is 0.257 e. The van der Waals surface area contributed by atoms with Gasteiger partial charge < -0.3 is 19.3 Å². The minimum Gasteiger partial charge on any atom is -0.493 e. The summed E-state index contributed by atoms with van der Waals surface area (Å²) in [5.74, 6) is -0.148. The predicted octanol–water partition coefficient (Wildman–Crippen LogP) is 4.35. The summed E-state index contributed by atoms with van der Waals surface area (Å²) in [4.78, 5) is 26.2. The highest BCUT2D eigenvalue weighted by Gasteiger charge is 2.30. The van der Waals surface area contributed by atoms with Gasteiger partial charge in [-0.05, 0) is 37.1 Å². The van der Waals surface area contributed by atoms with Crippen LogP contribution in [0.5, 0.6) is 17.4 Å². The Bertz CT molecular complexity index is 1230. The first kappa shape index (κ1) is 22.1. The molecule has 0 N–H and O–H groups in total. The van der Waals surface area contributed by atoms with Crippen molar-refractivity contribution >= 4 is 11.9 Å². The van der Waals surface area contributed by atoms with Crippen molar-refractivity contribution in [1.82, 2.24) is 14.9 Å². The molecule has 0 atom stereocenters. The van der Waals surface area contributed by atoms with Crippen molar-refractivity contribution in [2.75, 3.05) is 31.6 Å². The molecule has 5 rings (SSSR count). The van der Waals surface area contributed by atoms with Crippen LogP contribution in [0.15, 0.2) is 42.5 Å². The topological polar surface area (TPSA) is 67.8 Å². The third kappa shape index (κ3) is 4.25. The Morgan fingerprint density at radius 2 is 1.76 bits per heavy atom. The first-order valence-electron chi connectivity index (χ1n) is 11.2. The molecule has 1 aromatic heterocycles. The van der Waals surface area contributed by atoms with Crippen LogP contribution >= 0.6 is 0 Å². The van der Waals surface area contributed by atoms with E-state index in [0.717, 1.165) is 37.7 Å². The van der Waals surface area contributed by atoms with E-state index < -0.39 is 17.5 Å². The van der Waals surface area contributed by atoms with Crippen LogP contribution in [-0.2, 0) is 13.0 Å². The van der Waals surface area contributed by atoms with Crippen LogP contribution in [0.25, 0.3) is 0 Å². The number of ether oxygens (including phenoxy) is 2. The molecule has 0 unspecified atom stereocenters. The Labute approximate surface area is 195 Å². The summed E-state index contributed by atoms with van der Waals surface area (Å²) < 4.78 is 39.2. The smallest absolute Gasteiger partial charge is 0.257 e. The lowest BCUT2D eigenvalue weighted by Gasteiger charge is -2.30. The van der Waals surface area contributed by atoms with Crippen molar-refractivity contribution in [2.45, 2.75) is 25.8 Å². The molecule has 2 aliphatic heterocycles. The van der Waals surface area contributed by atoms with Crippen molar-refractivity contribution in [1.29, 1.82) is 0 Å². The van der Waals surface area contributed by atoms with Crippen LogP contribution in [0.3, 0.4) is 0 Å². The molecule has 1 saturated heterocycles. The number of fused-ring (bicyclic) bond motifs is 1. The number of amides is 1. The number of carbonyl (C=O) groups excluding carboxylic acids is 1. The minimum atomic E-state index is -0.887. The lowest BCUT2D eigenvalue weighted by molar-refractivity contribution is 0.0727. The molecule has 0 radical (unpaired) electrons. The molecule has 9 heteroatoms. The Kier molecular flexibility index (Phi) is 6.00. The van der Waals surface area contributed by atoms with Gasteiger partial charge in [-0.25, -0.2) is 13.8 Å². The lowest BCUT2D eigenvalue weighted by atomic mass is 10.0. The maximum absolute atomic E-state index is 14.3. The molecule has 0 aliphatic carbocycles. The number of methoxy groups -OCH3 is 1. The molecule has 1 fully saturated rings. The zero-order chi connectivity index (χ0) is 23.7. The number of aromatic nitrogens is 2. The van der Waals surface area contributed by atoms with E-state index in [1.165, 1.54) is 11.0 Å². The Morgan fingerprint density at radius 1 is 1.00 bits per heavy atom. The van der Waals surface area contributed by atoms with Gasteiger partial charge in [0.1, 0.15) is 11.6 Å². The van der Waals surface area contributed by atoms with Crippen molar-refractivity contribution in [3.8, 4) is 17.4 Å². The van der Waals surface area contributed by atoms with E-state index in [4.69, 9.17) is 19.4 Å². The average molecular weight is 466 g/mol. The van der Waals surface area contributed by atoms with Gasteiger partial charge in [-0.1, -0.05) is 12.1 Å². The summed E-state index contributed by atoms with van der Waals surface area (Å²) in [6, 6.07) is 10.2. The number of para-hydroxylation sites is 2. The maximum atomic E-state index is 14.3. The molecule has 3 aromatic rings. The van der Waals surface area contributed by atoms with E-state index in [-0.39, 0.29) is 12.1 Å². The highest BCUT2D eigenvalue weighted by Crippen LogP contribution is 2.36. The normalized spacial score (nSPS) is 15.3. The SMILES string of the molecule is COc1ccccc1Oc1nc(N2CCCC2)nc2c1CN(C(=O)c1ccc(F)cc1F)CC2. The average Bonchev–Trinajstić information content (AvgIpc) is 3.39. The van der Waals surface area contributed by atoms with Crippen LogP contribution in [0.2, 0.25) is 0 Å². The second kappa shape index (κ2) is 9.24. The number of rotatable bonds is 5. The number of carbonyl (C=O) groups is 1. The van der Waals surface area contributed by atoms with Crippen molar-refractivity contribution in [2.24, 2.45) is 0 Å². The van der Waals surface area contributed by atoms with Crippen LogP contribution in [0.4, 0.5) is 14.7 Å². The standard InChI is InChI=1S/C25H24F2N4O3/c1-33-21-6-2-3-7-22(21)34-23-18-15-31(24(32)17-9-8-16(26)14-19(17)27)13-10-20(18)28-25(29-23)30-11-4-5-12-30/h2-3,6-9,14H,4-5,10-13,15H2,1H3. The van der Waals surface area contributed by atoms with Gasteiger partial charge >= 0.3 is 0 Å². The van der Waals surface area contributed by atoms with E-state index in [2.05, 4.69) is 4.90 Å². The molecule has 1 amide bonds. The molecule has 0 spiro atoms. The minimum absolute atomic E-state index is 0.149. The van der Waals surface area contributed by atoms with Gasteiger partial charge in [0.25, 0.3) is 5.91 Å². The third-order valence-electron chi connectivity index (χ3n) is 6.12. The fourth-order valence-corrected chi connectivity index (χ4v) is 4.33. The zero-order valence-electron chi connectivity index (χ0n) is 18.8. The van der Waals surface area contributed by atoms with E-state index in [1.807, 2.05) is 12.1 Å². The number of nitrogens with zero attached hydrogens (tertiary/aromatic N) is 4. The van der Waals surface area contributed by atoms with Crippen LogP contribution in [-0.4, -0.2) is 47.5 Å². The molecule has 2 aliphatic rings. The second-order valence-electron chi connectivity index (χ2n) is 8.30. The fraction of sp³-hybridized carbons (Fsp3) is 0.320. The zero-order valence-corrected chi connectivity index (χ0v) is 18.8. The number of anilines is 1. The Hall–Kier alpha value is -3.75. The number of benzene rings is 2. The monoisotopic (exact) mass is 466 g/mol. The number of hydrogen-bond donors (Lipinski definition) is 0. The first-order valence-corrected chi connectivity index (χ1v) is 11.2. The highest BCUT2D eigenvalue weighted by molar-refractivity contribution is 5.94. The van der Waals surface area contributed by atoms with Crippen LogP contribution in [0, 0.1) is 11.6 Å². The Balaban J connectivity index is 1.51. The summed E-state index contributed by atoms with van der Waals surface area (Å²) in [6.45, 7) is 2.26. The molecule has 0 bridgehead atoms. The van der Waals surface area contributed by atoms with Gasteiger partial charge in [-0.3, -0.25) is 4.79 Å². The van der Waals surface area contributed by atoms with Gasteiger partial charge in [0.2, 0.25) is 11.8 Å². The highest BCUT2D eigenvalue weighted by atomic mass is 19.1. The van der Waals surface area contributed by atoms with Crippen molar-refractivity contribution in [3.63, 3.8) is 0 Å². The van der Waals surface area contributed by atoms with Gasteiger partial charge in [0.15, 0.2) is 11.5 Å². The molecular weight excluding hydrogens is 442 g/mol. The van der Waals surface area contributed by atoms with E-state index >= 15 is 0 Å². The second-order valence-corrected chi connectivity index (χ2v) is 8.30. The molecule has 7 nitrogen and oxygen atoms in total. The summed E-state index contributed by atoms with van der Waals surface area (Å²) >= 11 is 0. The summed E-state index contributed by atoms with van der Waals surface area (Å²) in [5, 5.41) is 0. The van der Waals surface area contributed by atoms with Crippen molar-refractivity contribution in [3.05, 3.63) is 70.9 Å². The van der Waals surface area contributed by atoms with Crippen molar-refractivity contribution < 1.29 is 23.0 Å². The van der Waals surface area contributed by atoms with E-state index in [1.54, 1.807) is 19.2 Å². The summed E-state index contributed by atoms with van der Waals surface area (Å²) in [6.07, 6.45) is 2.62. The van der Waals surface area contributed by atoms with Gasteiger partial charge in [-0.2, -0.15) is 4.98 Å². The van der Waals surface area contributed by atoms with Gasteiger partial charge in [0.05, 0.1) is 30.5 Å². The van der Waals surface area contributed by atoms with Crippen LogP contribution < -0.4 is 14.4 Å². The first-order chi connectivity index (χ1) is 16.5. The summed E-state index contributed by atoms with van der Waals surface area (Å²) in [7, 11) is 1.56. The Morgan fingerprint density at radius 3 is 2.50 bits per heavy atom. The molecular formula is C25H24F2N4O3. The molecule has 34 heavy (non-hydrogen) atoms. The largest absolute Gasteiger partial charge is 0.493 e. The molecule has 2 aromatic carbocycles. The molecule has 176 valence electrons. The van der Waals surface area contributed by atoms with Crippen LogP contribution in [0.1, 0.15) is 34.5 Å².